The monoisotopic (exact) mass is 1130 g/mol. The first-order valence-electron chi connectivity index (χ1n) is 31.7. The van der Waals surface area contributed by atoms with E-state index in [9.17, 15) is 0 Å². The van der Waals surface area contributed by atoms with Crippen molar-refractivity contribution in [1.29, 1.82) is 0 Å². The van der Waals surface area contributed by atoms with Crippen molar-refractivity contribution in [3.8, 4) is 55.6 Å². The van der Waals surface area contributed by atoms with Gasteiger partial charge in [-0.3, -0.25) is 0 Å². The smallest absolute Gasteiger partial charge is 0.0468 e. The fourth-order valence-corrected chi connectivity index (χ4v) is 16.8. The van der Waals surface area contributed by atoms with Crippen LogP contribution in [-0.4, -0.2) is 0 Å². The van der Waals surface area contributed by atoms with Crippen molar-refractivity contribution in [2.24, 2.45) is 0 Å². The van der Waals surface area contributed by atoms with Crippen molar-refractivity contribution in [3.63, 3.8) is 0 Å². The maximum atomic E-state index is 2.55. The molecule has 0 amide bonds. The van der Waals surface area contributed by atoms with Gasteiger partial charge in [0.2, 0.25) is 0 Å². The molecular formula is C86H70N2. The minimum atomic E-state index is -0.175. The minimum Gasteiger partial charge on any atom is -0.310 e. The van der Waals surface area contributed by atoms with Gasteiger partial charge in [0.05, 0.1) is 0 Å². The van der Waals surface area contributed by atoms with Crippen LogP contribution in [0.5, 0.6) is 0 Å². The Morgan fingerprint density at radius 3 is 0.989 bits per heavy atom. The van der Waals surface area contributed by atoms with Gasteiger partial charge in [0.25, 0.3) is 0 Å². The van der Waals surface area contributed by atoms with Crippen molar-refractivity contribution in [2.75, 3.05) is 9.80 Å². The molecule has 12 aromatic rings. The molecule has 0 atom stereocenters. The van der Waals surface area contributed by atoms with Gasteiger partial charge < -0.3 is 9.80 Å². The predicted octanol–water partition coefficient (Wildman–Crippen LogP) is 23.6. The number of fused-ring (bicyclic) bond motifs is 13. The van der Waals surface area contributed by atoms with Gasteiger partial charge in [-0.25, -0.2) is 0 Å². The third-order valence-corrected chi connectivity index (χ3v) is 21.3. The summed E-state index contributed by atoms with van der Waals surface area (Å²) in [4.78, 5) is 5.09. The number of rotatable bonds is 8. The lowest BCUT2D eigenvalue weighted by molar-refractivity contribution is 0.651. The van der Waals surface area contributed by atoms with Gasteiger partial charge in [-0.1, -0.05) is 237 Å². The summed E-state index contributed by atoms with van der Waals surface area (Å²) >= 11 is 0. The summed E-state index contributed by atoms with van der Waals surface area (Å²) in [5.74, 6) is 0. The van der Waals surface area contributed by atoms with Crippen molar-refractivity contribution >= 4 is 61.2 Å². The summed E-state index contributed by atoms with van der Waals surface area (Å²) in [6.45, 7) is 19.2. The van der Waals surface area contributed by atoms with Gasteiger partial charge in [0.1, 0.15) is 0 Å². The molecule has 0 spiro atoms. The van der Waals surface area contributed by atoms with Crippen molar-refractivity contribution < 1.29 is 0 Å². The van der Waals surface area contributed by atoms with E-state index in [1.165, 1.54) is 133 Å². The molecule has 2 nitrogen and oxygen atoms in total. The lowest BCUT2D eigenvalue weighted by Gasteiger charge is -2.31. The Hall–Kier alpha value is -9.76. The van der Waals surface area contributed by atoms with Gasteiger partial charge >= 0.3 is 0 Å². The number of allylic oxidation sites excluding steroid dienone is 4. The van der Waals surface area contributed by atoms with Crippen molar-refractivity contribution in [1.82, 2.24) is 0 Å². The van der Waals surface area contributed by atoms with Gasteiger partial charge in [0, 0.05) is 55.8 Å². The van der Waals surface area contributed by atoms with E-state index in [-0.39, 0.29) is 21.7 Å². The quantitative estimate of drug-likeness (QED) is 0.140. The van der Waals surface area contributed by atoms with E-state index < -0.39 is 0 Å². The van der Waals surface area contributed by atoms with Crippen LogP contribution >= 0.6 is 0 Å². The molecule has 17 rings (SSSR count). The first kappa shape index (κ1) is 52.6. The van der Waals surface area contributed by atoms with E-state index in [0.29, 0.717) is 0 Å². The zero-order valence-corrected chi connectivity index (χ0v) is 51.6. The highest BCUT2D eigenvalue weighted by molar-refractivity contribution is 6.23. The summed E-state index contributed by atoms with van der Waals surface area (Å²) in [7, 11) is 0. The van der Waals surface area contributed by atoms with Crippen LogP contribution in [0, 0.1) is 0 Å². The lowest BCUT2D eigenvalue weighted by atomic mass is 9.80. The van der Waals surface area contributed by atoms with Crippen molar-refractivity contribution in [3.05, 3.63) is 305 Å². The Bertz CT molecular complexity index is 4920. The van der Waals surface area contributed by atoms with Crippen molar-refractivity contribution in [2.45, 2.75) is 89.9 Å². The van der Waals surface area contributed by atoms with Gasteiger partial charge in [-0.15, -0.1) is 0 Å². The Balaban J connectivity index is 0.909. The zero-order valence-electron chi connectivity index (χ0n) is 51.6. The normalized spacial score (nSPS) is 16.1. The second kappa shape index (κ2) is 18.9. The molecule has 0 bridgehead atoms. The summed E-state index contributed by atoms with van der Waals surface area (Å²) in [6.07, 6.45) is 6.94. The van der Waals surface area contributed by atoms with E-state index in [4.69, 9.17) is 0 Å². The summed E-state index contributed by atoms with van der Waals surface area (Å²) in [5, 5.41) is 4.84. The molecule has 5 aliphatic rings. The molecule has 0 aromatic heterocycles. The highest BCUT2D eigenvalue weighted by Crippen LogP contribution is 2.57. The van der Waals surface area contributed by atoms with E-state index in [1.54, 1.807) is 0 Å². The first-order chi connectivity index (χ1) is 42.7. The number of nitrogens with zero attached hydrogens (tertiary/aromatic N) is 2. The van der Waals surface area contributed by atoms with E-state index >= 15 is 0 Å². The van der Waals surface area contributed by atoms with Crippen LogP contribution in [0.2, 0.25) is 0 Å². The van der Waals surface area contributed by atoms with Gasteiger partial charge in [-0.2, -0.15) is 0 Å². The average Bonchev–Trinajstić information content (AvgIpc) is 0.967. The molecule has 5 aliphatic carbocycles. The second-order valence-corrected chi connectivity index (χ2v) is 27.5. The second-order valence-electron chi connectivity index (χ2n) is 27.5. The Kier molecular flexibility index (Phi) is 11.3. The molecule has 88 heavy (non-hydrogen) atoms. The third-order valence-electron chi connectivity index (χ3n) is 21.3. The molecule has 0 heterocycles. The number of hydrogen-bond acceptors (Lipinski definition) is 2. The van der Waals surface area contributed by atoms with Gasteiger partial charge in [0.15, 0.2) is 0 Å². The van der Waals surface area contributed by atoms with E-state index in [1.807, 2.05) is 0 Å². The van der Waals surface area contributed by atoms with Crippen LogP contribution in [0.15, 0.2) is 260 Å². The molecule has 2 heteroatoms. The largest absolute Gasteiger partial charge is 0.310 e. The summed E-state index contributed by atoms with van der Waals surface area (Å²) in [6, 6.07) is 93.0. The van der Waals surface area contributed by atoms with Crippen LogP contribution in [-0.2, 0) is 21.7 Å². The summed E-state index contributed by atoms with van der Waals surface area (Å²) < 4.78 is 0. The standard InChI is InChI=1S/C86H70N2/c1-83(2)73-31-19-15-27-61(73)65-41-35-57(49-77(65)83)87(58-36-42-66-62-28-16-20-32-74(62)84(3,4)78(66)50-58)55-39-45-69-71(47-55)81(53-23-11-9-12-24-53)70-46-40-56(48-72(70)82(69)54-25-13-10-14-26-54)88(59-37-43-67-63-29-17-21-33-75(63)85(5,6)79(67)51-59)60-38-44-68-64-30-18-22-34-76(64)86(7,8)80(68)52-60/h9-17,19-29,31-52H,18,30H2,1-8H3. The van der Waals surface area contributed by atoms with Crippen LogP contribution in [0.3, 0.4) is 0 Å². The SMILES string of the molecule is CC1(C)C2=C(CCC=C2)c2ccc(N(c3ccc4c(c3)C(C)(C)c3ccccc3-4)c3ccc4c(-c5ccccc5)c5cc(N(c6ccc7c(c6)C(C)(C)c6ccccc6-7)c6ccc7c(c6)C(C)(C)c6ccccc6-7)ccc5c(-c5ccccc5)c4c3)cc21. The number of benzene rings is 12. The molecular weight excluding hydrogens is 1060 g/mol. The molecule has 0 fully saturated rings. The highest BCUT2D eigenvalue weighted by atomic mass is 15.1. The fourth-order valence-electron chi connectivity index (χ4n) is 16.8. The zero-order chi connectivity index (χ0) is 59.6. The average molecular weight is 1130 g/mol. The number of hydrogen-bond donors (Lipinski definition) is 0. The lowest BCUT2D eigenvalue weighted by Crippen LogP contribution is -2.18. The number of anilines is 6. The van der Waals surface area contributed by atoms with Crippen LogP contribution in [0.1, 0.15) is 113 Å². The topological polar surface area (TPSA) is 6.48 Å². The third kappa shape index (κ3) is 7.48. The van der Waals surface area contributed by atoms with Crippen LogP contribution in [0.4, 0.5) is 34.1 Å². The molecule has 0 N–H and O–H groups in total. The maximum Gasteiger partial charge on any atom is 0.0468 e. The van der Waals surface area contributed by atoms with E-state index in [0.717, 1.165) is 47.0 Å². The van der Waals surface area contributed by atoms with Crippen LogP contribution in [0.25, 0.3) is 82.8 Å². The van der Waals surface area contributed by atoms with Crippen LogP contribution < -0.4 is 9.80 Å². The Morgan fingerprint density at radius 1 is 0.273 bits per heavy atom. The first-order valence-corrected chi connectivity index (χ1v) is 31.7. The van der Waals surface area contributed by atoms with E-state index in [2.05, 4.69) is 320 Å². The molecule has 12 aromatic carbocycles. The molecule has 0 radical (unpaired) electrons. The molecule has 0 saturated carbocycles. The predicted molar refractivity (Wildman–Crippen MR) is 373 cm³/mol. The molecule has 0 unspecified atom stereocenters. The Morgan fingerprint density at radius 2 is 0.591 bits per heavy atom. The molecule has 0 saturated heterocycles. The highest BCUT2D eigenvalue weighted by Gasteiger charge is 2.41. The minimum absolute atomic E-state index is 0.126. The van der Waals surface area contributed by atoms with Gasteiger partial charge in [-0.05, 0) is 218 Å². The fraction of sp³-hybridized carbons (Fsp3) is 0.163. The molecule has 424 valence electrons. The summed E-state index contributed by atoms with van der Waals surface area (Å²) in [5.41, 5.74) is 32.9. The maximum absolute atomic E-state index is 2.55. The molecule has 0 aliphatic heterocycles. The Labute approximate surface area is 518 Å².